The number of benzene rings is 6. The fourth-order valence-corrected chi connectivity index (χ4v) is 8.96. The first-order valence-electron chi connectivity index (χ1n) is 20.1. The van der Waals surface area contributed by atoms with Gasteiger partial charge in [-0.05, 0) is 105 Å². The van der Waals surface area contributed by atoms with E-state index in [-0.39, 0.29) is 40.7 Å². The van der Waals surface area contributed by atoms with Crippen LogP contribution in [0.1, 0.15) is 100 Å². The van der Waals surface area contributed by atoms with Crippen molar-refractivity contribution in [3.8, 4) is 0 Å². The zero-order chi connectivity index (χ0) is 42.2. The second-order valence-electron chi connectivity index (χ2n) is 18.6. The van der Waals surface area contributed by atoms with Gasteiger partial charge < -0.3 is 4.57 Å². The first-order valence-corrected chi connectivity index (χ1v) is 20.1. The molecule has 1 aromatic heterocycles. The minimum Gasteiger partial charge on any atom is -0.335 e. The summed E-state index contributed by atoms with van der Waals surface area (Å²) in [6.45, 7) is 18.7. The van der Waals surface area contributed by atoms with E-state index in [9.17, 15) is 19.2 Å². The standard InChI is InChI=1S/C19H18N2O2.C16H15NO2.C16H17N/c1-19(2,3)16-13-9-8-11-6-4-5-7-12(11)14(13)10-15-17(22)20-18(23)21(15)16;1-16(2,3)17-14(18)11-8-4-6-10-7-5-9-12(13(10)11)15(17)19;1-16(2,3)17-14-10-6-4-8-12(14)13-9-5-7-11-15(13)17/h4-10,16H,1-3H3,(H,20,22,23);4-9H,1-3H3;4-11H,1-3H3. The average Bonchev–Trinajstić information content (AvgIpc) is 3.68. The molecular weight excluding hydrogens is 733 g/mol. The molecule has 0 bridgehead atoms. The van der Waals surface area contributed by atoms with Crippen molar-refractivity contribution in [2.75, 3.05) is 0 Å². The lowest BCUT2D eigenvalue weighted by Gasteiger charge is -2.41. The Bertz CT molecular complexity index is 2810. The third-order valence-electron chi connectivity index (χ3n) is 11.3. The zero-order valence-corrected chi connectivity index (χ0v) is 35.2. The smallest absolute Gasteiger partial charge is 0.329 e. The quantitative estimate of drug-likeness (QED) is 0.122. The number of fused-ring (bicyclic) bond motifs is 7. The van der Waals surface area contributed by atoms with Crippen LogP contribution < -0.4 is 5.32 Å². The molecule has 0 saturated carbocycles. The molecule has 5 amide bonds. The van der Waals surface area contributed by atoms with Gasteiger partial charge in [0.25, 0.3) is 17.7 Å². The molecule has 8 nitrogen and oxygen atoms in total. The summed E-state index contributed by atoms with van der Waals surface area (Å²) in [5.41, 5.74) is 5.82. The predicted molar refractivity (Wildman–Crippen MR) is 238 cm³/mol. The van der Waals surface area contributed by atoms with E-state index in [0.29, 0.717) is 16.8 Å². The molecule has 298 valence electrons. The summed E-state index contributed by atoms with van der Waals surface area (Å²) in [6, 6.07) is 40.2. The van der Waals surface area contributed by atoms with Gasteiger partial charge in [-0.15, -0.1) is 0 Å². The SMILES string of the molecule is CC(C)(C)C1c2ccc3ccccc3c2C=C2C(=O)NC(=O)N21.CC(C)(C)N1C(=O)c2cccc3cccc(c23)C1=O.CC(C)(C)n1c2ccccc2c2ccccc21. The summed E-state index contributed by atoms with van der Waals surface area (Å²) in [5, 5.41) is 9.07. The summed E-state index contributed by atoms with van der Waals surface area (Å²) in [7, 11) is 0. The molecule has 8 heteroatoms. The van der Waals surface area contributed by atoms with Crippen molar-refractivity contribution in [3.05, 3.63) is 149 Å². The van der Waals surface area contributed by atoms with Crippen molar-refractivity contribution >= 4 is 73.2 Å². The number of amides is 5. The van der Waals surface area contributed by atoms with E-state index in [4.69, 9.17) is 0 Å². The highest BCUT2D eigenvalue weighted by atomic mass is 16.2. The number of imide groups is 2. The summed E-state index contributed by atoms with van der Waals surface area (Å²) in [6.07, 6.45) is 1.85. The van der Waals surface area contributed by atoms with E-state index in [1.165, 1.54) is 26.7 Å². The molecule has 6 aromatic carbocycles. The first kappa shape index (κ1) is 39.3. The van der Waals surface area contributed by atoms with E-state index < -0.39 is 5.54 Å². The number of nitrogens with one attached hydrogen (secondary N) is 1. The van der Waals surface area contributed by atoms with Crippen LogP contribution in [0.4, 0.5) is 4.79 Å². The predicted octanol–water partition coefficient (Wildman–Crippen LogP) is 11.6. The number of para-hydroxylation sites is 2. The zero-order valence-electron chi connectivity index (χ0n) is 35.2. The van der Waals surface area contributed by atoms with Crippen molar-refractivity contribution in [3.63, 3.8) is 0 Å². The lowest BCUT2D eigenvalue weighted by atomic mass is 9.77. The average molecular weight is 783 g/mol. The molecule has 4 heterocycles. The van der Waals surface area contributed by atoms with Crippen LogP contribution in [0.5, 0.6) is 0 Å². The van der Waals surface area contributed by atoms with E-state index in [2.05, 4.69) is 124 Å². The Labute approximate surface area is 345 Å². The van der Waals surface area contributed by atoms with E-state index >= 15 is 0 Å². The second kappa shape index (κ2) is 14.1. The molecular formula is C51H50N4O4. The molecule has 0 aliphatic carbocycles. The first-order chi connectivity index (χ1) is 27.9. The van der Waals surface area contributed by atoms with Crippen LogP contribution in [0.2, 0.25) is 0 Å². The van der Waals surface area contributed by atoms with Gasteiger partial charge in [0, 0.05) is 49.4 Å². The summed E-state index contributed by atoms with van der Waals surface area (Å²) >= 11 is 0. The van der Waals surface area contributed by atoms with Gasteiger partial charge >= 0.3 is 6.03 Å². The Kier molecular flexibility index (Phi) is 9.38. The highest BCUT2D eigenvalue weighted by Crippen LogP contribution is 2.48. The molecule has 1 unspecified atom stereocenters. The molecule has 59 heavy (non-hydrogen) atoms. The molecule has 7 aromatic rings. The molecule has 1 fully saturated rings. The van der Waals surface area contributed by atoms with Crippen LogP contribution >= 0.6 is 0 Å². The van der Waals surface area contributed by atoms with Gasteiger partial charge in [-0.25, -0.2) is 4.79 Å². The van der Waals surface area contributed by atoms with Crippen LogP contribution in [0.15, 0.2) is 127 Å². The van der Waals surface area contributed by atoms with Crippen LogP contribution in [-0.2, 0) is 10.3 Å². The van der Waals surface area contributed by atoms with Gasteiger partial charge in [-0.2, -0.15) is 0 Å². The van der Waals surface area contributed by atoms with Crippen molar-refractivity contribution in [2.45, 2.75) is 79.4 Å². The molecule has 0 spiro atoms. The van der Waals surface area contributed by atoms with Gasteiger partial charge in [-0.1, -0.05) is 118 Å². The third kappa shape index (κ3) is 6.66. The third-order valence-corrected chi connectivity index (χ3v) is 11.3. The van der Waals surface area contributed by atoms with Crippen molar-refractivity contribution < 1.29 is 19.2 Å². The highest BCUT2D eigenvalue weighted by Gasteiger charge is 2.46. The van der Waals surface area contributed by atoms with Crippen LogP contribution in [-0.4, -0.2) is 43.7 Å². The monoisotopic (exact) mass is 782 g/mol. The lowest BCUT2D eigenvalue weighted by molar-refractivity contribution is -0.116. The van der Waals surface area contributed by atoms with Crippen molar-refractivity contribution in [1.82, 2.24) is 19.7 Å². The number of hydrogen-bond acceptors (Lipinski definition) is 4. The Hall–Kier alpha value is -6.54. The maximum Gasteiger partial charge on any atom is 0.329 e. The molecule has 0 radical (unpaired) electrons. The Morgan fingerprint density at radius 3 is 1.56 bits per heavy atom. The Morgan fingerprint density at radius 2 is 1.03 bits per heavy atom. The number of urea groups is 1. The van der Waals surface area contributed by atoms with E-state index in [0.717, 1.165) is 32.7 Å². The largest absolute Gasteiger partial charge is 0.335 e. The molecule has 3 aliphatic heterocycles. The van der Waals surface area contributed by atoms with Crippen molar-refractivity contribution in [2.24, 2.45) is 5.41 Å². The number of carbonyl (C=O) groups is 4. The Balaban J connectivity index is 0.000000125. The van der Waals surface area contributed by atoms with Crippen LogP contribution in [0, 0.1) is 5.41 Å². The number of hydrogen-bond donors (Lipinski definition) is 1. The van der Waals surface area contributed by atoms with Gasteiger partial charge in [0.2, 0.25) is 0 Å². The minimum absolute atomic E-state index is 0.0999. The maximum atomic E-state index is 12.6. The number of rotatable bonds is 0. The molecule has 10 rings (SSSR count). The molecule has 1 saturated heterocycles. The maximum absolute atomic E-state index is 12.6. The topological polar surface area (TPSA) is 91.7 Å². The fraction of sp³-hybridized carbons (Fsp3) is 0.255. The normalized spacial score (nSPS) is 16.4. The highest BCUT2D eigenvalue weighted by molar-refractivity contribution is 6.25. The minimum atomic E-state index is -0.524. The Morgan fingerprint density at radius 1 is 0.525 bits per heavy atom. The summed E-state index contributed by atoms with van der Waals surface area (Å²) < 4.78 is 2.43. The van der Waals surface area contributed by atoms with Gasteiger partial charge in [-0.3, -0.25) is 29.5 Å². The fourth-order valence-electron chi connectivity index (χ4n) is 8.96. The van der Waals surface area contributed by atoms with Crippen LogP contribution in [0.3, 0.4) is 0 Å². The second-order valence-corrected chi connectivity index (χ2v) is 18.6. The van der Waals surface area contributed by atoms with Crippen molar-refractivity contribution in [1.29, 1.82) is 0 Å². The number of aromatic nitrogens is 1. The summed E-state index contributed by atoms with van der Waals surface area (Å²) in [4.78, 5) is 52.6. The van der Waals surface area contributed by atoms with Gasteiger partial charge in [0.15, 0.2) is 0 Å². The van der Waals surface area contributed by atoms with E-state index in [1.807, 2.05) is 63.2 Å². The van der Waals surface area contributed by atoms with Gasteiger partial charge in [0.05, 0.1) is 6.04 Å². The summed E-state index contributed by atoms with van der Waals surface area (Å²) in [5.74, 6) is -0.730. The lowest BCUT2D eigenvalue weighted by Crippen LogP contribution is -2.51. The molecule has 1 atom stereocenters. The number of nitrogens with zero attached hydrogens (tertiary/aromatic N) is 3. The van der Waals surface area contributed by atoms with Gasteiger partial charge in [0.1, 0.15) is 5.70 Å². The number of carbonyl (C=O) groups excluding carboxylic acids is 4. The van der Waals surface area contributed by atoms with E-state index in [1.54, 1.807) is 17.0 Å². The molecule has 1 N–H and O–H groups in total. The van der Waals surface area contributed by atoms with Crippen LogP contribution in [0.25, 0.3) is 49.4 Å². The molecule has 3 aliphatic rings.